The second kappa shape index (κ2) is 7.35. The number of rotatable bonds is 6. The molecular weight excluding hydrogens is 232 g/mol. The van der Waals surface area contributed by atoms with E-state index in [9.17, 15) is 4.79 Å². The summed E-state index contributed by atoms with van der Waals surface area (Å²) in [5, 5.41) is 5.99. The maximum Gasteiger partial charge on any atom is 0.230 e. The van der Waals surface area contributed by atoms with Crippen LogP contribution in [0.3, 0.4) is 0 Å². The van der Waals surface area contributed by atoms with Crippen molar-refractivity contribution < 1.29 is 4.79 Å². The average molecular weight is 252 g/mol. The number of hydrogen-bond donors (Lipinski definition) is 2. The first kappa shape index (κ1) is 14.1. The molecule has 0 saturated heterocycles. The predicted molar refractivity (Wildman–Crippen MR) is 73.2 cm³/mol. The number of amides is 1. The minimum Gasteiger partial charge on any atom is -0.353 e. The van der Waals surface area contributed by atoms with Crippen LogP contribution in [-0.2, 0) is 11.3 Å². The van der Waals surface area contributed by atoms with Crippen molar-refractivity contribution >= 4 is 17.7 Å². The summed E-state index contributed by atoms with van der Waals surface area (Å²) in [5.41, 5.74) is 1.24. The molecule has 0 bridgehead atoms. The molecule has 3 nitrogen and oxygen atoms in total. The quantitative estimate of drug-likeness (QED) is 0.761. The fourth-order valence-electron chi connectivity index (χ4n) is 1.46. The van der Waals surface area contributed by atoms with Crippen molar-refractivity contribution in [2.75, 3.05) is 12.8 Å². The topological polar surface area (TPSA) is 41.1 Å². The summed E-state index contributed by atoms with van der Waals surface area (Å²) in [6.07, 6.45) is 0. The Morgan fingerprint density at radius 2 is 2.18 bits per heavy atom. The molecule has 0 aliphatic carbocycles. The Bertz CT molecular complexity index is 366. The Labute approximate surface area is 107 Å². The lowest BCUT2D eigenvalue weighted by atomic mass is 10.2. The maximum atomic E-state index is 11.5. The molecule has 94 valence electrons. The van der Waals surface area contributed by atoms with Crippen LogP contribution in [0, 0.1) is 0 Å². The van der Waals surface area contributed by atoms with Crippen molar-refractivity contribution in [3.63, 3.8) is 0 Å². The van der Waals surface area contributed by atoms with Gasteiger partial charge in [0.15, 0.2) is 0 Å². The highest BCUT2D eigenvalue weighted by molar-refractivity contribution is 8.00. The van der Waals surface area contributed by atoms with Gasteiger partial charge in [0.2, 0.25) is 5.91 Å². The fourth-order valence-corrected chi connectivity index (χ4v) is 2.25. The standard InChI is InChI=1S/C13H20N2OS/c1-10(2)15-13(16)9-17-12-6-4-5-11(7-12)8-14-3/h4-7,10,14H,8-9H2,1-3H3,(H,15,16). The Morgan fingerprint density at radius 1 is 1.41 bits per heavy atom. The Morgan fingerprint density at radius 3 is 2.82 bits per heavy atom. The number of carbonyl (C=O) groups excluding carboxylic acids is 1. The first-order valence-electron chi connectivity index (χ1n) is 5.77. The average Bonchev–Trinajstić information content (AvgIpc) is 2.26. The largest absolute Gasteiger partial charge is 0.353 e. The van der Waals surface area contributed by atoms with E-state index in [1.807, 2.05) is 33.0 Å². The van der Waals surface area contributed by atoms with Crippen molar-refractivity contribution in [3.05, 3.63) is 29.8 Å². The van der Waals surface area contributed by atoms with Crippen LogP contribution < -0.4 is 10.6 Å². The molecule has 0 aliphatic rings. The summed E-state index contributed by atoms with van der Waals surface area (Å²) in [4.78, 5) is 12.6. The van der Waals surface area contributed by atoms with Gasteiger partial charge < -0.3 is 10.6 Å². The van der Waals surface area contributed by atoms with Crippen molar-refractivity contribution in [2.24, 2.45) is 0 Å². The lowest BCUT2D eigenvalue weighted by Gasteiger charge is -2.08. The third kappa shape index (κ3) is 5.75. The fraction of sp³-hybridized carbons (Fsp3) is 0.462. The number of carbonyl (C=O) groups is 1. The van der Waals surface area contributed by atoms with Gasteiger partial charge in [-0.05, 0) is 38.6 Å². The van der Waals surface area contributed by atoms with Crippen LogP contribution >= 0.6 is 11.8 Å². The maximum absolute atomic E-state index is 11.5. The van der Waals surface area contributed by atoms with Gasteiger partial charge in [-0.1, -0.05) is 12.1 Å². The Balaban J connectivity index is 2.45. The minimum absolute atomic E-state index is 0.0871. The second-order valence-electron chi connectivity index (χ2n) is 4.19. The van der Waals surface area contributed by atoms with Crippen LogP contribution in [0.2, 0.25) is 0 Å². The molecule has 2 N–H and O–H groups in total. The number of nitrogens with one attached hydrogen (secondary N) is 2. The van der Waals surface area contributed by atoms with Gasteiger partial charge >= 0.3 is 0 Å². The molecule has 0 heterocycles. The number of benzene rings is 1. The highest BCUT2D eigenvalue weighted by atomic mass is 32.2. The molecule has 0 atom stereocenters. The van der Waals surface area contributed by atoms with Crippen LogP contribution in [0.25, 0.3) is 0 Å². The summed E-state index contributed by atoms with van der Waals surface area (Å²) < 4.78 is 0. The van der Waals surface area contributed by atoms with Gasteiger partial charge in [-0.15, -0.1) is 11.8 Å². The molecule has 0 spiro atoms. The molecule has 17 heavy (non-hydrogen) atoms. The number of hydrogen-bond acceptors (Lipinski definition) is 3. The first-order chi connectivity index (χ1) is 8.11. The smallest absolute Gasteiger partial charge is 0.230 e. The zero-order valence-electron chi connectivity index (χ0n) is 10.6. The lowest BCUT2D eigenvalue weighted by Crippen LogP contribution is -2.31. The highest BCUT2D eigenvalue weighted by Gasteiger charge is 2.04. The van der Waals surface area contributed by atoms with E-state index in [4.69, 9.17) is 0 Å². The summed E-state index contributed by atoms with van der Waals surface area (Å²) in [6.45, 7) is 4.79. The zero-order valence-corrected chi connectivity index (χ0v) is 11.4. The summed E-state index contributed by atoms with van der Waals surface area (Å²) >= 11 is 1.57. The van der Waals surface area contributed by atoms with Crippen LogP contribution in [0.1, 0.15) is 19.4 Å². The molecule has 0 aromatic heterocycles. The third-order valence-electron chi connectivity index (χ3n) is 2.10. The molecule has 0 radical (unpaired) electrons. The van der Waals surface area contributed by atoms with Crippen LogP contribution in [0.4, 0.5) is 0 Å². The van der Waals surface area contributed by atoms with Crippen LogP contribution in [-0.4, -0.2) is 24.7 Å². The third-order valence-corrected chi connectivity index (χ3v) is 3.09. The Kier molecular flexibility index (Phi) is 6.08. The van der Waals surface area contributed by atoms with Gasteiger partial charge in [0.05, 0.1) is 5.75 Å². The molecule has 1 amide bonds. The molecule has 1 rings (SSSR count). The van der Waals surface area contributed by atoms with Crippen molar-refractivity contribution in [1.82, 2.24) is 10.6 Å². The van der Waals surface area contributed by atoms with Gasteiger partial charge in [-0.2, -0.15) is 0 Å². The van der Waals surface area contributed by atoms with Crippen molar-refractivity contribution in [3.8, 4) is 0 Å². The summed E-state index contributed by atoms with van der Waals surface area (Å²) in [7, 11) is 1.93. The predicted octanol–water partition coefficient (Wildman–Crippen LogP) is 2.02. The molecule has 1 aromatic rings. The van der Waals surface area contributed by atoms with E-state index in [1.54, 1.807) is 11.8 Å². The monoisotopic (exact) mass is 252 g/mol. The molecule has 0 aliphatic heterocycles. The molecule has 0 saturated carbocycles. The van der Waals surface area contributed by atoms with Crippen LogP contribution in [0.15, 0.2) is 29.2 Å². The molecule has 4 heteroatoms. The molecular formula is C13H20N2OS. The summed E-state index contributed by atoms with van der Waals surface area (Å²) in [5.74, 6) is 0.560. The molecule has 0 fully saturated rings. The SMILES string of the molecule is CNCc1cccc(SCC(=O)NC(C)C)c1. The van der Waals surface area contributed by atoms with Gasteiger partial charge in [-0.25, -0.2) is 0 Å². The second-order valence-corrected chi connectivity index (χ2v) is 5.24. The minimum atomic E-state index is 0.0871. The van der Waals surface area contributed by atoms with E-state index >= 15 is 0 Å². The zero-order chi connectivity index (χ0) is 12.7. The highest BCUT2D eigenvalue weighted by Crippen LogP contribution is 2.18. The van der Waals surface area contributed by atoms with E-state index in [0.29, 0.717) is 5.75 Å². The van der Waals surface area contributed by atoms with Crippen molar-refractivity contribution in [2.45, 2.75) is 31.3 Å². The normalized spacial score (nSPS) is 10.6. The Hall–Kier alpha value is -1.00. The van der Waals surface area contributed by atoms with E-state index in [1.165, 1.54) is 5.56 Å². The van der Waals surface area contributed by atoms with E-state index < -0.39 is 0 Å². The van der Waals surface area contributed by atoms with Gasteiger partial charge in [-0.3, -0.25) is 4.79 Å². The van der Waals surface area contributed by atoms with Gasteiger partial charge in [0, 0.05) is 17.5 Å². The van der Waals surface area contributed by atoms with E-state index in [-0.39, 0.29) is 11.9 Å². The molecule has 1 aromatic carbocycles. The summed E-state index contributed by atoms with van der Waals surface area (Å²) in [6, 6.07) is 8.46. The van der Waals surface area contributed by atoms with Crippen LogP contribution in [0.5, 0.6) is 0 Å². The number of thioether (sulfide) groups is 1. The van der Waals surface area contributed by atoms with Crippen molar-refractivity contribution in [1.29, 1.82) is 0 Å². The van der Waals surface area contributed by atoms with Gasteiger partial charge in [0.1, 0.15) is 0 Å². The van der Waals surface area contributed by atoms with E-state index in [2.05, 4.69) is 22.8 Å². The lowest BCUT2D eigenvalue weighted by molar-refractivity contribution is -0.119. The van der Waals surface area contributed by atoms with E-state index in [0.717, 1.165) is 11.4 Å². The van der Waals surface area contributed by atoms with Gasteiger partial charge in [0.25, 0.3) is 0 Å². The first-order valence-corrected chi connectivity index (χ1v) is 6.76. The molecule has 0 unspecified atom stereocenters.